The summed E-state index contributed by atoms with van der Waals surface area (Å²) in [6.07, 6.45) is 5.24. The van der Waals surface area contributed by atoms with Gasteiger partial charge in [-0.15, -0.1) is 30.6 Å². The normalized spacial score (nSPS) is 20.0. The van der Waals surface area contributed by atoms with Crippen LogP contribution in [0.1, 0.15) is 30.7 Å². The lowest BCUT2D eigenvalue weighted by atomic mass is 10.1. The average Bonchev–Trinajstić information content (AvgIpc) is 3.24. The van der Waals surface area contributed by atoms with Crippen molar-refractivity contribution in [1.29, 1.82) is 0 Å². The van der Waals surface area contributed by atoms with Gasteiger partial charge in [0.2, 0.25) is 0 Å². The first-order valence-corrected chi connectivity index (χ1v) is 7.84. The first kappa shape index (κ1) is 19.3. The van der Waals surface area contributed by atoms with Gasteiger partial charge in [-0.1, -0.05) is 29.8 Å². The number of aliphatic imine (C=N–C) groups is 1. The van der Waals surface area contributed by atoms with Gasteiger partial charge in [0.05, 0.1) is 0 Å². The second kappa shape index (κ2) is 9.40. The van der Waals surface area contributed by atoms with Crippen LogP contribution in [0, 0.1) is 0 Å². The van der Waals surface area contributed by atoms with Crippen LogP contribution in [0.4, 0.5) is 0 Å². The van der Waals surface area contributed by atoms with Crippen LogP contribution in [0.2, 0.25) is 5.02 Å². The quantitative estimate of drug-likeness (QED) is 0.238. The highest BCUT2D eigenvalue weighted by Gasteiger charge is 2.39. The van der Waals surface area contributed by atoms with Crippen molar-refractivity contribution in [3.63, 3.8) is 0 Å². The Labute approximate surface area is 155 Å². The van der Waals surface area contributed by atoms with Gasteiger partial charge in [-0.05, 0) is 37.0 Å². The highest BCUT2D eigenvalue weighted by atomic mass is 127. The number of allylic oxidation sites excluding steroid dienone is 1. The van der Waals surface area contributed by atoms with Gasteiger partial charge in [-0.25, -0.2) is 0 Å². The Morgan fingerprint density at radius 3 is 2.95 bits per heavy atom. The van der Waals surface area contributed by atoms with E-state index >= 15 is 0 Å². The van der Waals surface area contributed by atoms with Gasteiger partial charge in [-0.2, -0.15) is 0 Å². The molecule has 1 aliphatic rings. The predicted molar refractivity (Wildman–Crippen MR) is 107 cm³/mol. The van der Waals surface area contributed by atoms with Crippen molar-refractivity contribution in [2.45, 2.75) is 31.2 Å². The third kappa shape index (κ3) is 5.47. The van der Waals surface area contributed by atoms with Crippen LogP contribution in [-0.4, -0.2) is 37.5 Å². The van der Waals surface area contributed by atoms with Crippen LogP contribution >= 0.6 is 35.6 Å². The van der Waals surface area contributed by atoms with Gasteiger partial charge in [-0.3, -0.25) is 4.99 Å². The molecule has 0 bridgehead atoms. The number of hydrogen-bond acceptors (Lipinski definition) is 1. The summed E-state index contributed by atoms with van der Waals surface area (Å²) < 4.78 is 0. The molecule has 1 aliphatic carbocycles. The van der Waals surface area contributed by atoms with Gasteiger partial charge < -0.3 is 10.2 Å². The topological polar surface area (TPSA) is 27.6 Å². The molecule has 22 heavy (non-hydrogen) atoms. The lowest BCUT2D eigenvalue weighted by Gasteiger charge is -2.22. The van der Waals surface area contributed by atoms with Crippen molar-refractivity contribution in [1.82, 2.24) is 10.2 Å². The van der Waals surface area contributed by atoms with Crippen LogP contribution in [0.15, 0.2) is 41.9 Å². The van der Waals surface area contributed by atoms with Crippen molar-refractivity contribution in [3.8, 4) is 0 Å². The predicted octanol–water partition coefficient (Wildman–Crippen LogP) is 4.29. The number of nitrogens with zero attached hydrogens (tertiary/aromatic N) is 2. The Kier molecular flexibility index (Phi) is 8.25. The molecule has 1 N–H and O–H groups in total. The van der Waals surface area contributed by atoms with Crippen molar-refractivity contribution < 1.29 is 0 Å². The van der Waals surface area contributed by atoms with Crippen LogP contribution in [0.25, 0.3) is 0 Å². The number of unbranched alkanes of at least 4 members (excludes halogenated alkanes) is 1. The molecule has 0 heterocycles. The fourth-order valence-electron chi connectivity index (χ4n) is 2.55. The maximum atomic E-state index is 6.06. The highest BCUT2D eigenvalue weighted by molar-refractivity contribution is 14.0. The van der Waals surface area contributed by atoms with E-state index < -0.39 is 0 Å². The number of nitrogens with one attached hydrogen (secondary N) is 1. The van der Waals surface area contributed by atoms with E-state index in [4.69, 9.17) is 11.6 Å². The maximum Gasteiger partial charge on any atom is 0.193 e. The lowest BCUT2D eigenvalue weighted by Crippen LogP contribution is -2.40. The Bertz CT molecular complexity index is 518. The van der Waals surface area contributed by atoms with E-state index in [9.17, 15) is 0 Å². The molecule has 2 rings (SSSR count). The largest absolute Gasteiger partial charge is 0.353 e. The minimum absolute atomic E-state index is 0. The van der Waals surface area contributed by atoms with E-state index in [2.05, 4.69) is 41.0 Å². The van der Waals surface area contributed by atoms with E-state index in [-0.39, 0.29) is 24.0 Å². The third-order valence-corrected chi connectivity index (χ3v) is 4.09. The molecule has 5 heteroatoms. The summed E-state index contributed by atoms with van der Waals surface area (Å²) in [4.78, 5) is 6.55. The number of guanidine groups is 1. The Morgan fingerprint density at radius 2 is 2.32 bits per heavy atom. The summed E-state index contributed by atoms with van der Waals surface area (Å²) in [7, 11) is 3.91. The summed E-state index contributed by atoms with van der Waals surface area (Å²) in [5.74, 6) is 1.51. The van der Waals surface area contributed by atoms with E-state index in [1.807, 2.05) is 25.3 Å². The van der Waals surface area contributed by atoms with Crippen LogP contribution in [0.5, 0.6) is 0 Å². The van der Waals surface area contributed by atoms with E-state index in [0.29, 0.717) is 12.0 Å². The standard InChI is InChI=1S/C17H24ClN3.HI/c1-4-5-6-10-21(3)17(19-2)20-16-12-15(16)13-8-7-9-14(18)11-13;/h4,7-9,11,15-16H,1,5-6,10,12H2,2-3H3,(H,19,20);1H. The Hall–Kier alpha value is -0.750. The number of benzene rings is 1. The van der Waals surface area contributed by atoms with Crippen molar-refractivity contribution in [3.05, 3.63) is 47.5 Å². The molecule has 0 aliphatic heterocycles. The molecule has 0 radical (unpaired) electrons. The molecule has 1 aromatic carbocycles. The minimum Gasteiger partial charge on any atom is -0.353 e. The van der Waals surface area contributed by atoms with Gasteiger partial charge >= 0.3 is 0 Å². The second-order valence-electron chi connectivity index (χ2n) is 5.55. The monoisotopic (exact) mass is 433 g/mol. The summed E-state index contributed by atoms with van der Waals surface area (Å²) in [5.41, 5.74) is 1.31. The Morgan fingerprint density at radius 1 is 1.55 bits per heavy atom. The number of hydrogen-bond donors (Lipinski definition) is 1. The summed E-state index contributed by atoms with van der Waals surface area (Å²) in [5, 5.41) is 4.35. The SMILES string of the molecule is C=CCCCN(C)C(=NC)NC1CC1c1cccc(Cl)c1.I. The molecule has 1 aromatic rings. The van der Waals surface area contributed by atoms with Gasteiger partial charge in [0.1, 0.15) is 0 Å². The molecule has 0 spiro atoms. The third-order valence-electron chi connectivity index (χ3n) is 3.86. The van der Waals surface area contributed by atoms with Crippen LogP contribution in [-0.2, 0) is 0 Å². The first-order chi connectivity index (χ1) is 10.2. The Balaban J connectivity index is 0.00000242. The molecule has 2 atom stereocenters. The summed E-state index contributed by atoms with van der Waals surface area (Å²) in [6, 6.07) is 8.61. The molecular weight excluding hydrogens is 409 g/mol. The van der Waals surface area contributed by atoms with Crippen LogP contribution < -0.4 is 5.32 Å². The molecule has 1 fully saturated rings. The van der Waals surface area contributed by atoms with Gasteiger partial charge in [0.25, 0.3) is 0 Å². The fraction of sp³-hybridized carbons (Fsp3) is 0.471. The summed E-state index contributed by atoms with van der Waals surface area (Å²) in [6.45, 7) is 4.74. The first-order valence-electron chi connectivity index (χ1n) is 7.46. The molecule has 1 saturated carbocycles. The lowest BCUT2D eigenvalue weighted by molar-refractivity contribution is 0.469. The second-order valence-corrected chi connectivity index (χ2v) is 5.98. The zero-order chi connectivity index (χ0) is 15.2. The molecular formula is C17H25ClIN3. The van der Waals surface area contributed by atoms with Crippen molar-refractivity contribution in [2.75, 3.05) is 20.6 Å². The molecule has 0 saturated heterocycles. The van der Waals surface area contributed by atoms with Gasteiger partial charge in [0, 0.05) is 37.6 Å². The fourth-order valence-corrected chi connectivity index (χ4v) is 2.75. The zero-order valence-electron chi connectivity index (χ0n) is 13.3. The zero-order valence-corrected chi connectivity index (χ0v) is 16.3. The van der Waals surface area contributed by atoms with E-state index in [1.165, 1.54) is 5.56 Å². The average molecular weight is 434 g/mol. The van der Waals surface area contributed by atoms with Crippen molar-refractivity contribution >= 4 is 41.5 Å². The smallest absolute Gasteiger partial charge is 0.193 e. The van der Waals surface area contributed by atoms with Crippen LogP contribution in [0.3, 0.4) is 0 Å². The van der Waals surface area contributed by atoms with Gasteiger partial charge in [0.15, 0.2) is 5.96 Å². The summed E-state index contributed by atoms with van der Waals surface area (Å²) >= 11 is 6.06. The van der Waals surface area contributed by atoms with E-state index in [1.54, 1.807) is 0 Å². The maximum absolute atomic E-state index is 6.06. The molecule has 0 amide bonds. The van der Waals surface area contributed by atoms with E-state index in [0.717, 1.165) is 36.8 Å². The number of rotatable bonds is 6. The molecule has 122 valence electrons. The van der Waals surface area contributed by atoms with Crippen molar-refractivity contribution in [2.24, 2.45) is 4.99 Å². The molecule has 2 unspecified atom stereocenters. The number of halogens is 2. The minimum atomic E-state index is 0. The molecule has 3 nitrogen and oxygen atoms in total. The molecule has 0 aromatic heterocycles. The highest BCUT2D eigenvalue weighted by Crippen LogP contribution is 2.41.